The van der Waals surface area contributed by atoms with Crippen molar-refractivity contribution in [2.24, 2.45) is 5.41 Å². The molecule has 1 fully saturated rings. The van der Waals surface area contributed by atoms with Crippen molar-refractivity contribution in [2.45, 2.75) is 45.1 Å². The van der Waals surface area contributed by atoms with Gasteiger partial charge in [0.2, 0.25) is 0 Å². The Morgan fingerprint density at radius 3 is 2.82 bits per heavy atom. The lowest BCUT2D eigenvalue weighted by Gasteiger charge is -2.21. The minimum atomic E-state index is -0.205. The molecule has 2 rings (SSSR count). The summed E-state index contributed by atoms with van der Waals surface area (Å²) in [7, 11) is 0. The molecule has 3 N–H and O–H groups in total. The lowest BCUT2D eigenvalue weighted by atomic mass is 9.89. The molecule has 1 aromatic rings. The predicted octanol–water partition coefficient (Wildman–Crippen LogP) is 2.78. The van der Waals surface area contributed by atoms with Crippen LogP contribution in [0.25, 0.3) is 0 Å². The lowest BCUT2D eigenvalue weighted by Crippen LogP contribution is -2.38. The molecule has 2 amide bonds. The summed E-state index contributed by atoms with van der Waals surface area (Å²) >= 11 is 0. The highest BCUT2D eigenvalue weighted by Crippen LogP contribution is 2.41. The standard InChI is InChI=1S/C17H25FN2O2/c1-17(2,11-21)8-5-9-19-16(22)20-15-10-13(15)12-6-3-4-7-14(12)18/h3-4,6-7,13,15,21H,5,8-11H2,1-2H3,(H2,19,20,22). The van der Waals surface area contributed by atoms with Crippen LogP contribution >= 0.6 is 0 Å². The summed E-state index contributed by atoms with van der Waals surface area (Å²) in [5.41, 5.74) is 0.572. The summed E-state index contributed by atoms with van der Waals surface area (Å²) in [5, 5.41) is 14.8. The van der Waals surface area contributed by atoms with E-state index in [1.54, 1.807) is 12.1 Å². The number of carbonyl (C=O) groups excluding carboxylic acids is 1. The van der Waals surface area contributed by atoms with E-state index >= 15 is 0 Å². The first-order valence-electron chi connectivity index (χ1n) is 7.82. The quantitative estimate of drug-likeness (QED) is 0.678. The Bertz CT molecular complexity index is 519. The Morgan fingerprint density at radius 1 is 1.41 bits per heavy atom. The Labute approximate surface area is 131 Å². The number of aliphatic hydroxyl groups excluding tert-OH is 1. The molecule has 0 aromatic heterocycles. The highest BCUT2D eigenvalue weighted by atomic mass is 19.1. The van der Waals surface area contributed by atoms with Gasteiger partial charge in [-0.2, -0.15) is 0 Å². The Kier molecular flexibility index (Phi) is 5.40. The first kappa shape index (κ1) is 16.7. The smallest absolute Gasteiger partial charge is 0.315 e. The van der Waals surface area contributed by atoms with Gasteiger partial charge in [-0.1, -0.05) is 32.0 Å². The maximum atomic E-state index is 13.6. The van der Waals surface area contributed by atoms with Gasteiger partial charge in [0.15, 0.2) is 0 Å². The highest BCUT2D eigenvalue weighted by molar-refractivity contribution is 5.74. The number of halogens is 1. The van der Waals surface area contributed by atoms with E-state index in [4.69, 9.17) is 5.11 Å². The van der Waals surface area contributed by atoms with Crippen molar-refractivity contribution in [3.05, 3.63) is 35.6 Å². The predicted molar refractivity (Wildman–Crippen MR) is 84.2 cm³/mol. The van der Waals surface area contributed by atoms with Crippen LogP contribution in [0.4, 0.5) is 9.18 Å². The minimum absolute atomic E-state index is 0.0192. The molecule has 2 atom stereocenters. The largest absolute Gasteiger partial charge is 0.396 e. The summed E-state index contributed by atoms with van der Waals surface area (Å²) in [6, 6.07) is 6.53. The fourth-order valence-electron chi connectivity index (χ4n) is 2.54. The monoisotopic (exact) mass is 308 g/mol. The molecule has 0 heterocycles. The minimum Gasteiger partial charge on any atom is -0.396 e. The average Bonchev–Trinajstić information content (AvgIpc) is 3.23. The van der Waals surface area contributed by atoms with Gasteiger partial charge in [-0.3, -0.25) is 0 Å². The molecule has 22 heavy (non-hydrogen) atoms. The second kappa shape index (κ2) is 7.09. The number of aliphatic hydroxyl groups is 1. The second-order valence-electron chi connectivity index (χ2n) is 6.80. The van der Waals surface area contributed by atoms with Crippen LogP contribution in [0.2, 0.25) is 0 Å². The van der Waals surface area contributed by atoms with Crippen molar-refractivity contribution >= 4 is 6.03 Å². The molecular formula is C17H25FN2O2. The van der Waals surface area contributed by atoms with Crippen LogP contribution in [-0.2, 0) is 0 Å². The van der Waals surface area contributed by atoms with Crippen molar-refractivity contribution in [2.75, 3.05) is 13.2 Å². The number of benzene rings is 1. The van der Waals surface area contributed by atoms with Crippen LogP contribution in [0.1, 0.15) is 44.6 Å². The maximum absolute atomic E-state index is 13.6. The van der Waals surface area contributed by atoms with Crippen LogP contribution in [0.3, 0.4) is 0 Å². The summed E-state index contributed by atoms with van der Waals surface area (Å²) in [6.45, 7) is 4.71. The summed E-state index contributed by atoms with van der Waals surface area (Å²) in [5.74, 6) is -0.122. The molecule has 0 saturated heterocycles. The molecule has 0 spiro atoms. The van der Waals surface area contributed by atoms with Crippen molar-refractivity contribution < 1.29 is 14.3 Å². The third-order valence-corrected chi connectivity index (χ3v) is 4.16. The maximum Gasteiger partial charge on any atom is 0.315 e. The number of carbonyl (C=O) groups is 1. The molecule has 5 heteroatoms. The van der Waals surface area contributed by atoms with E-state index in [0.717, 1.165) is 19.3 Å². The lowest BCUT2D eigenvalue weighted by molar-refractivity contribution is 0.148. The third-order valence-electron chi connectivity index (χ3n) is 4.16. The van der Waals surface area contributed by atoms with Gasteiger partial charge in [0.1, 0.15) is 5.82 Å². The van der Waals surface area contributed by atoms with Gasteiger partial charge < -0.3 is 15.7 Å². The van der Waals surface area contributed by atoms with E-state index in [9.17, 15) is 9.18 Å². The number of amides is 2. The molecule has 0 radical (unpaired) electrons. The first-order valence-corrected chi connectivity index (χ1v) is 7.82. The number of urea groups is 1. The third kappa shape index (κ3) is 4.70. The zero-order chi connectivity index (χ0) is 16.2. The zero-order valence-corrected chi connectivity index (χ0v) is 13.2. The van der Waals surface area contributed by atoms with Gasteiger partial charge in [-0.05, 0) is 36.3 Å². The van der Waals surface area contributed by atoms with E-state index < -0.39 is 0 Å². The number of hydrogen-bond donors (Lipinski definition) is 3. The Balaban J connectivity index is 1.66. The molecule has 1 aliphatic rings. The van der Waals surface area contributed by atoms with Crippen LogP contribution in [-0.4, -0.2) is 30.3 Å². The topological polar surface area (TPSA) is 61.4 Å². The molecule has 1 aliphatic carbocycles. The van der Waals surface area contributed by atoms with E-state index in [1.807, 2.05) is 19.9 Å². The highest BCUT2D eigenvalue weighted by Gasteiger charge is 2.40. The number of nitrogens with one attached hydrogen (secondary N) is 2. The van der Waals surface area contributed by atoms with Crippen molar-refractivity contribution in [1.82, 2.24) is 10.6 Å². The van der Waals surface area contributed by atoms with Gasteiger partial charge in [0.05, 0.1) is 0 Å². The molecule has 0 bridgehead atoms. The summed E-state index contributed by atoms with van der Waals surface area (Å²) in [4.78, 5) is 11.8. The normalized spacial score (nSPS) is 20.5. The Hall–Kier alpha value is -1.62. The summed E-state index contributed by atoms with van der Waals surface area (Å²) < 4.78 is 13.6. The van der Waals surface area contributed by atoms with Crippen molar-refractivity contribution in [3.63, 3.8) is 0 Å². The van der Waals surface area contributed by atoms with Crippen molar-refractivity contribution in [1.29, 1.82) is 0 Å². The van der Waals surface area contributed by atoms with E-state index in [2.05, 4.69) is 10.6 Å². The van der Waals surface area contributed by atoms with Gasteiger partial charge in [0, 0.05) is 25.1 Å². The van der Waals surface area contributed by atoms with Crippen LogP contribution in [0, 0.1) is 11.2 Å². The molecular weight excluding hydrogens is 283 g/mol. The van der Waals surface area contributed by atoms with Gasteiger partial charge in [0.25, 0.3) is 0 Å². The number of hydrogen-bond acceptors (Lipinski definition) is 2. The Morgan fingerprint density at radius 2 is 2.14 bits per heavy atom. The molecule has 1 aromatic carbocycles. The second-order valence-corrected chi connectivity index (χ2v) is 6.80. The van der Waals surface area contributed by atoms with E-state index in [-0.39, 0.29) is 35.8 Å². The molecule has 2 unspecified atom stereocenters. The first-order chi connectivity index (χ1) is 10.4. The average molecular weight is 308 g/mol. The molecule has 122 valence electrons. The van der Waals surface area contributed by atoms with Gasteiger partial charge in [-0.25, -0.2) is 9.18 Å². The van der Waals surface area contributed by atoms with Gasteiger partial charge in [-0.15, -0.1) is 0 Å². The van der Waals surface area contributed by atoms with Crippen LogP contribution in [0.5, 0.6) is 0 Å². The van der Waals surface area contributed by atoms with E-state index in [0.29, 0.717) is 12.1 Å². The molecule has 4 nitrogen and oxygen atoms in total. The van der Waals surface area contributed by atoms with Gasteiger partial charge >= 0.3 is 6.03 Å². The van der Waals surface area contributed by atoms with E-state index in [1.165, 1.54) is 6.07 Å². The summed E-state index contributed by atoms with van der Waals surface area (Å²) in [6.07, 6.45) is 2.46. The van der Waals surface area contributed by atoms with Crippen LogP contribution in [0.15, 0.2) is 24.3 Å². The van der Waals surface area contributed by atoms with Crippen molar-refractivity contribution in [3.8, 4) is 0 Å². The molecule has 0 aliphatic heterocycles. The zero-order valence-electron chi connectivity index (χ0n) is 13.2. The van der Waals surface area contributed by atoms with Crippen LogP contribution < -0.4 is 10.6 Å². The number of rotatable bonds is 7. The fraction of sp³-hybridized carbons (Fsp3) is 0.588. The fourth-order valence-corrected chi connectivity index (χ4v) is 2.54. The molecule has 1 saturated carbocycles. The SMILES string of the molecule is CC(C)(CO)CCCNC(=O)NC1CC1c1ccccc1F.